The molecule has 0 saturated carbocycles. The van der Waals surface area contributed by atoms with E-state index < -0.39 is 6.10 Å². The number of methoxy groups -OCH3 is 1. The van der Waals surface area contributed by atoms with Crippen molar-refractivity contribution >= 4 is 0 Å². The van der Waals surface area contributed by atoms with Crippen LogP contribution in [0.15, 0.2) is 18.2 Å². The molecule has 108 valence electrons. The maximum atomic E-state index is 10.2. The van der Waals surface area contributed by atoms with Crippen LogP contribution in [0.3, 0.4) is 0 Å². The number of hydrogen-bond acceptors (Lipinski definition) is 4. The Labute approximate surface area is 115 Å². The largest absolute Gasteiger partial charge is 0.497 e. The van der Waals surface area contributed by atoms with Crippen molar-refractivity contribution in [3.05, 3.63) is 29.3 Å². The van der Waals surface area contributed by atoms with Crippen molar-refractivity contribution in [1.82, 2.24) is 4.90 Å². The molecule has 0 fully saturated rings. The second-order valence-corrected chi connectivity index (χ2v) is 4.68. The van der Waals surface area contributed by atoms with Gasteiger partial charge in [0, 0.05) is 13.1 Å². The first kappa shape index (κ1) is 16.0. The van der Waals surface area contributed by atoms with E-state index in [0.29, 0.717) is 13.0 Å². The van der Waals surface area contributed by atoms with Crippen molar-refractivity contribution in [3.63, 3.8) is 0 Å². The molecule has 0 radical (unpaired) electrons. The molecular weight excluding hydrogens is 242 g/mol. The van der Waals surface area contributed by atoms with Gasteiger partial charge in [0.15, 0.2) is 0 Å². The first-order chi connectivity index (χ1) is 9.12. The lowest BCUT2D eigenvalue weighted by Gasteiger charge is -2.21. The normalized spacial score (nSPS) is 12.7. The summed E-state index contributed by atoms with van der Waals surface area (Å²) in [7, 11) is 1.64. The van der Waals surface area contributed by atoms with Crippen LogP contribution < -0.4 is 4.74 Å². The van der Waals surface area contributed by atoms with Gasteiger partial charge in [-0.25, -0.2) is 0 Å². The van der Waals surface area contributed by atoms with E-state index in [-0.39, 0.29) is 6.61 Å². The smallest absolute Gasteiger partial charge is 0.119 e. The van der Waals surface area contributed by atoms with Crippen LogP contribution in [0.1, 0.15) is 30.6 Å². The van der Waals surface area contributed by atoms with Gasteiger partial charge in [-0.15, -0.1) is 0 Å². The highest BCUT2D eigenvalue weighted by Crippen LogP contribution is 2.24. The fourth-order valence-corrected chi connectivity index (χ4v) is 2.18. The average molecular weight is 267 g/mol. The summed E-state index contributed by atoms with van der Waals surface area (Å²) < 4.78 is 5.16. The number of rotatable bonds is 8. The topological polar surface area (TPSA) is 52.9 Å². The molecule has 2 N–H and O–H groups in total. The molecule has 0 bridgehead atoms. The van der Waals surface area contributed by atoms with Gasteiger partial charge in [-0.1, -0.05) is 13.0 Å². The predicted molar refractivity (Wildman–Crippen MR) is 76.5 cm³/mol. The van der Waals surface area contributed by atoms with E-state index in [1.165, 1.54) is 0 Å². The molecule has 0 aromatic heterocycles. The monoisotopic (exact) mass is 267 g/mol. The predicted octanol–water partition coefficient (Wildman–Crippen LogP) is 1.74. The zero-order chi connectivity index (χ0) is 14.3. The molecule has 4 heteroatoms. The summed E-state index contributed by atoms with van der Waals surface area (Å²) in [6.45, 7) is 6.52. The van der Waals surface area contributed by atoms with Crippen molar-refractivity contribution < 1.29 is 14.9 Å². The second-order valence-electron chi connectivity index (χ2n) is 4.68. The van der Waals surface area contributed by atoms with Gasteiger partial charge in [0.2, 0.25) is 0 Å². The summed E-state index contributed by atoms with van der Waals surface area (Å²) in [5, 5.41) is 19.2. The second kappa shape index (κ2) is 8.15. The van der Waals surface area contributed by atoms with E-state index in [1.807, 2.05) is 25.1 Å². The zero-order valence-electron chi connectivity index (χ0n) is 12.1. The molecule has 1 unspecified atom stereocenters. The Morgan fingerprint density at radius 1 is 1.32 bits per heavy atom. The van der Waals surface area contributed by atoms with E-state index in [1.54, 1.807) is 7.11 Å². The molecule has 0 amide bonds. The lowest BCUT2D eigenvalue weighted by molar-refractivity contribution is 0.133. The van der Waals surface area contributed by atoms with Gasteiger partial charge in [0.05, 0.1) is 19.8 Å². The van der Waals surface area contributed by atoms with Crippen LogP contribution >= 0.6 is 0 Å². The Kier molecular flexibility index (Phi) is 6.84. The van der Waals surface area contributed by atoms with E-state index in [4.69, 9.17) is 9.84 Å². The molecule has 1 atom stereocenters. The average Bonchev–Trinajstić information content (AvgIpc) is 2.42. The van der Waals surface area contributed by atoms with E-state index in [2.05, 4.69) is 11.8 Å². The Balaban J connectivity index is 2.60. The lowest BCUT2D eigenvalue weighted by Crippen LogP contribution is -2.28. The van der Waals surface area contributed by atoms with Crippen LogP contribution in [0.4, 0.5) is 0 Å². The fourth-order valence-electron chi connectivity index (χ4n) is 2.18. The molecule has 0 heterocycles. The number of aliphatic hydroxyl groups excluding tert-OH is 2. The van der Waals surface area contributed by atoms with Crippen molar-refractivity contribution in [2.75, 3.05) is 33.4 Å². The third-order valence-electron chi connectivity index (χ3n) is 3.42. The minimum Gasteiger partial charge on any atom is -0.497 e. The van der Waals surface area contributed by atoms with Gasteiger partial charge >= 0.3 is 0 Å². The van der Waals surface area contributed by atoms with Crippen molar-refractivity contribution in [2.45, 2.75) is 26.4 Å². The Hall–Kier alpha value is -1.10. The van der Waals surface area contributed by atoms with Crippen LogP contribution in [-0.4, -0.2) is 48.5 Å². The van der Waals surface area contributed by atoms with Crippen LogP contribution in [-0.2, 0) is 0 Å². The Bertz CT molecular complexity index is 382. The molecule has 1 aromatic rings. The summed E-state index contributed by atoms with van der Waals surface area (Å²) in [6.07, 6.45) is 0.194. The quantitative estimate of drug-likeness (QED) is 0.753. The van der Waals surface area contributed by atoms with Gasteiger partial charge in [-0.05, 0) is 43.1 Å². The van der Waals surface area contributed by atoms with E-state index in [9.17, 15) is 5.11 Å². The molecule has 0 aliphatic heterocycles. The van der Waals surface area contributed by atoms with Gasteiger partial charge in [-0.2, -0.15) is 0 Å². The summed E-state index contributed by atoms with van der Waals surface area (Å²) in [5.74, 6) is 0.809. The molecule has 4 nitrogen and oxygen atoms in total. The molecule has 1 aromatic carbocycles. The minimum absolute atomic E-state index is 0.158. The molecule has 0 aliphatic rings. The first-order valence-electron chi connectivity index (χ1n) is 6.78. The number of aryl methyl sites for hydroxylation is 1. The molecule has 0 spiro atoms. The Morgan fingerprint density at radius 3 is 2.58 bits per heavy atom. The third kappa shape index (κ3) is 4.82. The number of benzene rings is 1. The van der Waals surface area contributed by atoms with E-state index in [0.717, 1.165) is 30.0 Å². The highest BCUT2D eigenvalue weighted by molar-refractivity contribution is 5.35. The highest BCUT2D eigenvalue weighted by Gasteiger charge is 2.12. The van der Waals surface area contributed by atoms with Crippen LogP contribution in [0.25, 0.3) is 0 Å². The number of hydrogen-bond donors (Lipinski definition) is 2. The van der Waals surface area contributed by atoms with Crippen LogP contribution in [0.5, 0.6) is 5.75 Å². The van der Waals surface area contributed by atoms with Crippen LogP contribution in [0.2, 0.25) is 0 Å². The SMILES string of the molecule is CCN(CCO)CCC(O)c1ccc(OC)cc1C. The van der Waals surface area contributed by atoms with Crippen molar-refractivity contribution in [3.8, 4) is 5.75 Å². The first-order valence-corrected chi connectivity index (χ1v) is 6.78. The maximum absolute atomic E-state index is 10.2. The van der Waals surface area contributed by atoms with Gasteiger partial charge < -0.3 is 19.8 Å². The number of aliphatic hydroxyl groups is 2. The zero-order valence-corrected chi connectivity index (χ0v) is 12.1. The van der Waals surface area contributed by atoms with E-state index >= 15 is 0 Å². The Morgan fingerprint density at radius 2 is 2.05 bits per heavy atom. The summed E-state index contributed by atoms with van der Waals surface area (Å²) in [5.41, 5.74) is 1.98. The maximum Gasteiger partial charge on any atom is 0.119 e. The standard InChI is InChI=1S/C15H25NO3/c1-4-16(9-10-17)8-7-15(18)14-6-5-13(19-3)11-12(14)2/h5-6,11,15,17-18H,4,7-10H2,1-3H3. The fraction of sp³-hybridized carbons (Fsp3) is 0.600. The summed E-state index contributed by atoms with van der Waals surface area (Å²) in [4.78, 5) is 2.13. The minimum atomic E-state index is -0.473. The van der Waals surface area contributed by atoms with Crippen molar-refractivity contribution in [1.29, 1.82) is 0 Å². The highest BCUT2D eigenvalue weighted by atomic mass is 16.5. The molecule has 19 heavy (non-hydrogen) atoms. The number of nitrogens with zero attached hydrogens (tertiary/aromatic N) is 1. The van der Waals surface area contributed by atoms with Crippen LogP contribution in [0, 0.1) is 6.92 Å². The molecule has 1 rings (SSSR count). The van der Waals surface area contributed by atoms with Gasteiger partial charge in [0.1, 0.15) is 5.75 Å². The lowest BCUT2D eigenvalue weighted by atomic mass is 10.0. The molecular formula is C15H25NO3. The summed E-state index contributed by atoms with van der Waals surface area (Å²) in [6, 6.07) is 5.72. The van der Waals surface area contributed by atoms with Crippen molar-refractivity contribution in [2.24, 2.45) is 0 Å². The third-order valence-corrected chi connectivity index (χ3v) is 3.42. The van der Waals surface area contributed by atoms with Gasteiger partial charge in [0.25, 0.3) is 0 Å². The van der Waals surface area contributed by atoms with Gasteiger partial charge in [-0.3, -0.25) is 0 Å². The molecule has 0 saturated heterocycles. The molecule has 0 aliphatic carbocycles. The number of likely N-dealkylation sites (N-methyl/N-ethyl adjacent to an activating group) is 1. The number of ether oxygens (including phenoxy) is 1. The summed E-state index contributed by atoms with van der Waals surface area (Å²) >= 11 is 0.